The second kappa shape index (κ2) is 13.8. The Kier molecular flexibility index (Phi) is 10.8. The molecule has 2 fully saturated rings. The summed E-state index contributed by atoms with van der Waals surface area (Å²) in [6.07, 6.45) is 9.67. The fourth-order valence-electron chi connectivity index (χ4n) is 6.29. The molecule has 12 heteroatoms. The molecule has 4 atom stereocenters. The quantitative estimate of drug-likeness (QED) is 0.0769. The van der Waals surface area contributed by atoms with Gasteiger partial charge in [0.25, 0.3) is 0 Å². The van der Waals surface area contributed by atoms with Crippen molar-refractivity contribution >= 4 is 61.5 Å². The Balaban J connectivity index is 1.55. The molecule has 2 aliphatic carbocycles. The molecular weight excluding hydrogens is 706 g/mol. The van der Waals surface area contributed by atoms with E-state index >= 15 is 0 Å². The molecule has 1 unspecified atom stereocenters. The summed E-state index contributed by atoms with van der Waals surface area (Å²) in [5, 5.41) is 15.8. The van der Waals surface area contributed by atoms with Crippen LogP contribution in [0.4, 0.5) is 5.82 Å². The highest BCUT2D eigenvalue weighted by atomic mass is 127. The molecular formula is C31H50IN5O3SSi2. The van der Waals surface area contributed by atoms with Gasteiger partial charge < -0.3 is 19.5 Å². The van der Waals surface area contributed by atoms with Crippen molar-refractivity contribution in [1.29, 1.82) is 0 Å². The van der Waals surface area contributed by atoms with Crippen molar-refractivity contribution in [2.45, 2.75) is 102 Å². The van der Waals surface area contributed by atoms with Gasteiger partial charge in [-0.05, 0) is 72.7 Å². The lowest BCUT2D eigenvalue weighted by atomic mass is 9.79. The number of thiazole rings is 1. The van der Waals surface area contributed by atoms with E-state index in [9.17, 15) is 5.11 Å². The molecule has 0 saturated heterocycles. The number of hydrogen-bond acceptors (Lipinski definition) is 8. The maximum atomic E-state index is 10.2. The van der Waals surface area contributed by atoms with E-state index < -0.39 is 22.3 Å². The fraction of sp³-hybridized carbons (Fsp3) is 0.710. The number of halogens is 1. The average Bonchev–Trinajstić information content (AvgIpc) is 3.65. The predicted octanol–water partition coefficient (Wildman–Crippen LogP) is 8.24. The molecule has 238 valence electrons. The summed E-state index contributed by atoms with van der Waals surface area (Å²) in [5.74, 6) is 3.07. The summed E-state index contributed by atoms with van der Waals surface area (Å²) in [6.45, 7) is 18.5. The third kappa shape index (κ3) is 8.47. The summed E-state index contributed by atoms with van der Waals surface area (Å²) >= 11 is 4.03. The number of fused-ring (bicyclic) bond motifs is 3. The molecule has 8 nitrogen and oxygen atoms in total. The first-order valence-electron chi connectivity index (χ1n) is 15.9. The summed E-state index contributed by atoms with van der Waals surface area (Å²) in [7, 11) is -2.43. The van der Waals surface area contributed by atoms with Crippen LogP contribution in [0.25, 0.3) is 16.1 Å². The van der Waals surface area contributed by atoms with Gasteiger partial charge in [0.15, 0.2) is 11.5 Å². The van der Waals surface area contributed by atoms with Crippen LogP contribution in [0.2, 0.25) is 51.4 Å². The molecule has 1 N–H and O–H groups in total. The van der Waals surface area contributed by atoms with Gasteiger partial charge in [-0.25, -0.2) is 9.97 Å². The van der Waals surface area contributed by atoms with Crippen LogP contribution in [0.3, 0.4) is 0 Å². The molecule has 2 aliphatic rings. The Morgan fingerprint density at radius 1 is 1.00 bits per heavy atom. The number of hydrogen-bond donors (Lipinski definition) is 1. The summed E-state index contributed by atoms with van der Waals surface area (Å²) < 4.78 is 15.9. The first-order chi connectivity index (χ1) is 20.3. The molecule has 0 aliphatic heterocycles. The Morgan fingerprint density at radius 3 is 2.14 bits per heavy atom. The average molecular weight is 756 g/mol. The minimum absolute atomic E-state index is 0.446. The van der Waals surface area contributed by atoms with E-state index in [1.54, 1.807) is 6.92 Å². The summed E-state index contributed by atoms with van der Waals surface area (Å²) in [5.41, 5.74) is 3.00. The number of anilines is 1. The topological polar surface area (TPSA) is 85.0 Å². The number of rotatable bonds is 14. The molecule has 5 rings (SSSR count). The van der Waals surface area contributed by atoms with Crippen LogP contribution in [0.15, 0.2) is 12.4 Å². The van der Waals surface area contributed by atoms with Crippen LogP contribution in [0.1, 0.15) is 61.8 Å². The van der Waals surface area contributed by atoms with Gasteiger partial charge >= 0.3 is 0 Å². The predicted molar refractivity (Wildman–Crippen MR) is 191 cm³/mol. The molecule has 43 heavy (non-hydrogen) atoms. The van der Waals surface area contributed by atoms with Crippen molar-refractivity contribution in [2.24, 2.45) is 11.8 Å². The van der Waals surface area contributed by atoms with Crippen molar-refractivity contribution in [3.63, 3.8) is 0 Å². The number of aromatic nitrogens is 4. The van der Waals surface area contributed by atoms with E-state index in [-0.39, 0.29) is 0 Å². The minimum atomic E-state index is -1.22. The smallest absolute Gasteiger partial charge is 0.166 e. The van der Waals surface area contributed by atoms with Gasteiger partial charge in [0.05, 0.1) is 25.9 Å². The number of aliphatic hydroxyl groups is 1. The van der Waals surface area contributed by atoms with Crippen molar-refractivity contribution in [3.05, 3.63) is 26.7 Å². The second-order valence-electron chi connectivity index (χ2n) is 15.1. The third-order valence-electron chi connectivity index (χ3n) is 8.80. The maximum absolute atomic E-state index is 10.2. The van der Waals surface area contributed by atoms with E-state index in [1.807, 2.05) is 16.9 Å². The molecule has 0 aromatic carbocycles. The fourth-order valence-corrected chi connectivity index (χ4v) is 9.80. The van der Waals surface area contributed by atoms with Crippen LogP contribution in [0.5, 0.6) is 0 Å². The van der Waals surface area contributed by atoms with E-state index in [0.717, 1.165) is 62.6 Å². The Hall–Kier alpha value is -0.906. The van der Waals surface area contributed by atoms with Crippen LogP contribution in [0, 0.1) is 15.4 Å². The van der Waals surface area contributed by atoms with E-state index in [4.69, 9.17) is 19.6 Å². The van der Waals surface area contributed by atoms with Gasteiger partial charge in [0, 0.05) is 41.5 Å². The van der Waals surface area contributed by atoms with Crippen molar-refractivity contribution < 1.29 is 14.6 Å². The summed E-state index contributed by atoms with van der Waals surface area (Å²) in [6, 6.07) is 2.25. The van der Waals surface area contributed by atoms with Gasteiger partial charge in [0.2, 0.25) is 0 Å². The first-order valence-corrected chi connectivity index (χ1v) is 25.2. The Bertz CT molecular complexity index is 1350. The van der Waals surface area contributed by atoms with Gasteiger partial charge in [-0.2, -0.15) is 9.61 Å². The number of ether oxygens (including phenoxy) is 2. The molecule has 3 aromatic rings. The van der Waals surface area contributed by atoms with Crippen LogP contribution >= 0.6 is 33.9 Å². The Labute approximate surface area is 277 Å². The lowest BCUT2D eigenvalue weighted by molar-refractivity contribution is 0.0940. The van der Waals surface area contributed by atoms with E-state index in [1.165, 1.54) is 49.1 Å². The van der Waals surface area contributed by atoms with Gasteiger partial charge in [-0.3, -0.25) is 0 Å². The summed E-state index contributed by atoms with van der Waals surface area (Å²) in [4.78, 5) is 13.1. The van der Waals surface area contributed by atoms with Gasteiger partial charge in [-0.1, -0.05) is 52.1 Å². The standard InChI is InChI=1S/C31H50IN5O3SSi2/c1-21(38)30-33-18-26(41-30)25-17-34-37-29(25)35-28(24-15-22-8-9-23(14-22)16-24)27(32)31(37)36(19-39-10-12-42(2,3)4)20-40-11-13-43(5,6)7/h17-18,21-24,38H,8-16,19-20H2,1-7H3/t21?,22-,23+,24+. The lowest BCUT2D eigenvalue weighted by Crippen LogP contribution is -2.34. The first kappa shape index (κ1) is 33.5. The largest absolute Gasteiger partial charge is 0.386 e. The van der Waals surface area contributed by atoms with Crippen molar-refractivity contribution in [1.82, 2.24) is 19.6 Å². The normalized spacial score (nSPS) is 21.6. The number of nitrogens with zero attached hydrogens (tertiary/aromatic N) is 5. The Morgan fingerprint density at radius 2 is 1.60 bits per heavy atom. The zero-order chi connectivity index (χ0) is 30.9. The minimum Gasteiger partial charge on any atom is -0.386 e. The van der Waals surface area contributed by atoms with Crippen LogP contribution in [-0.4, -0.2) is 67.5 Å². The van der Waals surface area contributed by atoms with E-state index in [0.29, 0.717) is 24.4 Å². The molecule has 0 spiro atoms. The zero-order valence-electron chi connectivity index (χ0n) is 27.0. The maximum Gasteiger partial charge on any atom is 0.166 e. The molecule has 2 bridgehead atoms. The van der Waals surface area contributed by atoms with E-state index in [2.05, 4.69) is 71.8 Å². The van der Waals surface area contributed by atoms with Crippen LogP contribution < -0.4 is 4.90 Å². The highest BCUT2D eigenvalue weighted by Gasteiger charge is 2.37. The van der Waals surface area contributed by atoms with Gasteiger partial charge in [0.1, 0.15) is 24.6 Å². The third-order valence-corrected chi connectivity index (χ3v) is 14.4. The highest BCUT2D eigenvalue weighted by Crippen LogP contribution is 2.49. The second-order valence-corrected chi connectivity index (χ2v) is 28.5. The number of aliphatic hydroxyl groups excluding tert-OH is 1. The zero-order valence-corrected chi connectivity index (χ0v) is 32.0. The SMILES string of the molecule is CC(O)c1ncc(-c2cnn3c(N(COCC[Si](C)(C)C)COCC[Si](C)(C)C)c(I)c([C@H]4C[C@@H]5CC[C@@H](C5)C4)nc23)s1. The van der Waals surface area contributed by atoms with Gasteiger partial charge in [-0.15, -0.1) is 11.3 Å². The molecule has 0 radical (unpaired) electrons. The lowest BCUT2D eigenvalue weighted by Gasteiger charge is -2.31. The van der Waals surface area contributed by atoms with Crippen molar-refractivity contribution in [2.75, 3.05) is 31.6 Å². The highest BCUT2D eigenvalue weighted by molar-refractivity contribution is 14.1. The molecule has 3 heterocycles. The monoisotopic (exact) mass is 755 g/mol. The van der Waals surface area contributed by atoms with Crippen molar-refractivity contribution in [3.8, 4) is 10.4 Å². The molecule has 3 aromatic heterocycles. The molecule has 2 saturated carbocycles. The van der Waals surface area contributed by atoms with Crippen LogP contribution in [-0.2, 0) is 9.47 Å². The molecule has 0 amide bonds.